The molecular weight excluding hydrogens is 166 g/mol. The minimum absolute atomic E-state index is 0.0539. The lowest BCUT2D eigenvalue weighted by Crippen LogP contribution is -2.29. The van der Waals surface area contributed by atoms with Crippen molar-refractivity contribution in [1.82, 2.24) is 10.3 Å². The lowest BCUT2D eigenvalue weighted by molar-refractivity contribution is 0.252. The van der Waals surface area contributed by atoms with Gasteiger partial charge in [0.25, 0.3) is 0 Å². The highest BCUT2D eigenvalue weighted by Gasteiger charge is 2.22. The summed E-state index contributed by atoms with van der Waals surface area (Å²) >= 11 is 0. The van der Waals surface area contributed by atoms with Gasteiger partial charge in [0.15, 0.2) is 0 Å². The van der Waals surface area contributed by atoms with Crippen molar-refractivity contribution < 1.29 is 4.79 Å². The van der Waals surface area contributed by atoms with Crippen LogP contribution in [0.5, 0.6) is 0 Å². The second-order valence-corrected chi connectivity index (χ2v) is 3.03. The third kappa shape index (κ3) is 1.35. The highest BCUT2D eigenvalue weighted by molar-refractivity contribution is 5.93. The molecule has 2 amide bonds. The molecule has 0 aromatic carbocycles. The fourth-order valence-corrected chi connectivity index (χ4v) is 1.43. The standard InChI is InChI=1S/C9H11N3O/c1-7-3-2-4-10-8(7)12-6-5-11-9(12)13/h2-4H,5-6H2,1H3,(H,11,13). The number of amides is 2. The van der Waals surface area contributed by atoms with Crippen LogP contribution in [0.1, 0.15) is 5.56 Å². The van der Waals surface area contributed by atoms with Gasteiger partial charge < -0.3 is 5.32 Å². The summed E-state index contributed by atoms with van der Waals surface area (Å²) in [6.07, 6.45) is 1.70. The molecule has 2 heterocycles. The maximum Gasteiger partial charge on any atom is 0.323 e. The van der Waals surface area contributed by atoms with Crippen molar-refractivity contribution in [2.24, 2.45) is 0 Å². The third-order valence-corrected chi connectivity index (χ3v) is 2.09. The highest BCUT2D eigenvalue weighted by Crippen LogP contribution is 2.17. The number of carbonyl (C=O) groups is 1. The molecule has 1 saturated heterocycles. The number of pyridine rings is 1. The Morgan fingerprint density at radius 1 is 1.62 bits per heavy atom. The zero-order valence-electron chi connectivity index (χ0n) is 7.45. The van der Waals surface area contributed by atoms with Crippen LogP contribution in [0.3, 0.4) is 0 Å². The van der Waals surface area contributed by atoms with Crippen molar-refractivity contribution in [3.8, 4) is 0 Å². The minimum atomic E-state index is -0.0539. The van der Waals surface area contributed by atoms with E-state index in [2.05, 4.69) is 10.3 Å². The first-order chi connectivity index (χ1) is 6.29. The van der Waals surface area contributed by atoms with Crippen molar-refractivity contribution in [3.63, 3.8) is 0 Å². The summed E-state index contributed by atoms with van der Waals surface area (Å²) in [6.45, 7) is 3.36. The molecule has 0 spiro atoms. The number of hydrogen-bond acceptors (Lipinski definition) is 2. The van der Waals surface area contributed by atoms with Gasteiger partial charge in [-0.2, -0.15) is 0 Å². The van der Waals surface area contributed by atoms with Crippen molar-refractivity contribution in [1.29, 1.82) is 0 Å². The number of hydrogen-bond donors (Lipinski definition) is 1. The van der Waals surface area contributed by atoms with E-state index >= 15 is 0 Å². The van der Waals surface area contributed by atoms with E-state index in [4.69, 9.17) is 0 Å². The zero-order chi connectivity index (χ0) is 9.26. The van der Waals surface area contributed by atoms with Gasteiger partial charge in [0.2, 0.25) is 0 Å². The smallest absolute Gasteiger partial charge is 0.323 e. The molecule has 0 bridgehead atoms. The highest BCUT2D eigenvalue weighted by atomic mass is 16.2. The van der Waals surface area contributed by atoms with Gasteiger partial charge in [0.05, 0.1) is 0 Å². The van der Waals surface area contributed by atoms with Crippen LogP contribution >= 0.6 is 0 Å². The van der Waals surface area contributed by atoms with Crippen LogP contribution in [0.25, 0.3) is 0 Å². The van der Waals surface area contributed by atoms with Crippen molar-refractivity contribution in [2.45, 2.75) is 6.92 Å². The Balaban J connectivity index is 2.34. The van der Waals surface area contributed by atoms with Gasteiger partial charge in [-0.25, -0.2) is 9.78 Å². The Hall–Kier alpha value is -1.58. The molecule has 4 heteroatoms. The van der Waals surface area contributed by atoms with E-state index in [9.17, 15) is 4.79 Å². The molecule has 1 aromatic rings. The summed E-state index contributed by atoms with van der Waals surface area (Å²) in [5.41, 5.74) is 1.03. The number of anilines is 1. The molecule has 1 aliphatic heterocycles. The van der Waals surface area contributed by atoms with Gasteiger partial charge in [0.1, 0.15) is 5.82 Å². The minimum Gasteiger partial charge on any atom is -0.336 e. The maximum atomic E-state index is 11.3. The van der Waals surface area contributed by atoms with Gasteiger partial charge in [-0.05, 0) is 18.6 Å². The summed E-state index contributed by atoms with van der Waals surface area (Å²) < 4.78 is 0. The Kier molecular flexibility index (Phi) is 1.88. The lowest BCUT2D eigenvalue weighted by Gasteiger charge is -2.14. The predicted octanol–water partition coefficient (Wildman–Crippen LogP) is 0.920. The van der Waals surface area contributed by atoms with Crippen molar-refractivity contribution in [2.75, 3.05) is 18.0 Å². The van der Waals surface area contributed by atoms with Crippen LogP contribution < -0.4 is 10.2 Å². The van der Waals surface area contributed by atoms with E-state index in [0.717, 1.165) is 11.4 Å². The summed E-state index contributed by atoms with van der Waals surface area (Å²) in [5.74, 6) is 0.762. The first-order valence-electron chi connectivity index (χ1n) is 4.26. The number of aryl methyl sites for hydroxylation is 1. The van der Waals surface area contributed by atoms with E-state index in [1.807, 2.05) is 19.1 Å². The van der Waals surface area contributed by atoms with Crippen LogP contribution in [-0.4, -0.2) is 24.1 Å². The number of nitrogens with one attached hydrogen (secondary N) is 1. The quantitative estimate of drug-likeness (QED) is 0.693. The van der Waals surface area contributed by atoms with Crippen LogP contribution in [0.15, 0.2) is 18.3 Å². The van der Waals surface area contributed by atoms with Crippen LogP contribution in [-0.2, 0) is 0 Å². The second-order valence-electron chi connectivity index (χ2n) is 3.03. The molecule has 0 aliphatic carbocycles. The number of carbonyl (C=O) groups excluding carboxylic acids is 1. The van der Waals surface area contributed by atoms with Gasteiger partial charge in [-0.1, -0.05) is 6.07 Å². The Morgan fingerprint density at radius 2 is 2.46 bits per heavy atom. The third-order valence-electron chi connectivity index (χ3n) is 2.09. The van der Waals surface area contributed by atoms with Gasteiger partial charge in [-0.15, -0.1) is 0 Å². The Labute approximate surface area is 76.6 Å². The first kappa shape index (κ1) is 8.04. The van der Waals surface area contributed by atoms with E-state index in [-0.39, 0.29) is 6.03 Å². The summed E-state index contributed by atoms with van der Waals surface area (Å²) in [7, 11) is 0. The molecule has 68 valence electrons. The SMILES string of the molecule is Cc1cccnc1N1CCNC1=O. The topological polar surface area (TPSA) is 45.2 Å². The van der Waals surface area contributed by atoms with Gasteiger partial charge >= 0.3 is 6.03 Å². The molecule has 4 nitrogen and oxygen atoms in total. The molecule has 1 fully saturated rings. The van der Waals surface area contributed by atoms with E-state index < -0.39 is 0 Å². The monoisotopic (exact) mass is 177 g/mol. The molecule has 13 heavy (non-hydrogen) atoms. The van der Waals surface area contributed by atoms with Crippen LogP contribution in [0.4, 0.5) is 10.6 Å². The molecule has 2 rings (SSSR count). The van der Waals surface area contributed by atoms with E-state index in [1.54, 1.807) is 11.1 Å². The first-order valence-corrected chi connectivity index (χ1v) is 4.26. The number of aromatic nitrogens is 1. The molecule has 1 N–H and O–H groups in total. The fraction of sp³-hybridized carbons (Fsp3) is 0.333. The molecule has 1 aromatic heterocycles. The largest absolute Gasteiger partial charge is 0.336 e. The van der Waals surface area contributed by atoms with Crippen molar-refractivity contribution in [3.05, 3.63) is 23.9 Å². The molecular formula is C9H11N3O. The van der Waals surface area contributed by atoms with Crippen molar-refractivity contribution >= 4 is 11.8 Å². The molecule has 0 radical (unpaired) electrons. The Morgan fingerprint density at radius 3 is 3.08 bits per heavy atom. The van der Waals surface area contributed by atoms with Crippen LogP contribution in [0.2, 0.25) is 0 Å². The van der Waals surface area contributed by atoms with Gasteiger partial charge in [-0.3, -0.25) is 4.90 Å². The fourth-order valence-electron chi connectivity index (χ4n) is 1.43. The number of rotatable bonds is 1. The van der Waals surface area contributed by atoms with E-state index in [0.29, 0.717) is 13.1 Å². The number of nitrogens with zero attached hydrogens (tertiary/aromatic N) is 2. The second kappa shape index (κ2) is 3.05. The van der Waals surface area contributed by atoms with Crippen LogP contribution in [0, 0.1) is 6.92 Å². The Bertz CT molecular complexity index is 337. The van der Waals surface area contributed by atoms with E-state index in [1.165, 1.54) is 0 Å². The molecule has 0 atom stereocenters. The summed E-state index contributed by atoms with van der Waals surface area (Å²) in [5, 5.41) is 2.74. The normalized spacial score (nSPS) is 16.1. The molecule has 0 saturated carbocycles. The average Bonchev–Trinajstić information content (AvgIpc) is 2.52. The summed E-state index contributed by atoms with van der Waals surface area (Å²) in [6, 6.07) is 3.77. The molecule has 0 unspecified atom stereocenters. The maximum absolute atomic E-state index is 11.3. The summed E-state index contributed by atoms with van der Waals surface area (Å²) in [4.78, 5) is 17.1. The predicted molar refractivity (Wildman–Crippen MR) is 49.7 cm³/mol. The average molecular weight is 177 g/mol. The van der Waals surface area contributed by atoms with Gasteiger partial charge in [0, 0.05) is 19.3 Å². The lowest BCUT2D eigenvalue weighted by atomic mass is 10.3. The zero-order valence-corrected chi connectivity index (χ0v) is 7.45. The number of urea groups is 1. The molecule has 1 aliphatic rings.